The second-order valence-corrected chi connectivity index (χ2v) is 8.61. The number of benzene rings is 3. The van der Waals surface area contributed by atoms with Crippen LogP contribution in [0.2, 0.25) is 5.02 Å². The monoisotopic (exact) mass is 505 g/mol. The molecule has 8 heteroatoms. The van der Waals surface area contributed by atoms with Crippen LogP contribution in [0.1, 0.15) is 36.6 Å². The zero-order valence-corrected chi connectivity index (χ0v) is 20.7. The molecule has 3 aromatic rings. The highest BCUT2D eigenvalue weighted by Gasteiger charge is 2.47. The van der Waals surface area contributed by atoms with Crippen molar-refractivity contribution in [1.82, 2.24) is 0 Å². The van der Waals surface area contributed by atoms with Crippen molar-refractivity contribution in [3.8, 4) is 11.5 Å². The molecule has 1 aliphatic heterocycles. The molecule has 1 unspecified atom stereocenters. The summed E-state index contributed by atoms with van der Waals surface area (Å²) >= 11 is 6.13. The molecule has 4 rings (SSSR count). The maximum atomic E-state index is 13.3. The van der Waals surface area contributed by atoms with Gasteiger partial charge in [0.15, 0.2) is 0 Å². The molecule has 1 atom stereocenters. The lowest BCUT2D eigenvalue weighted by Gasteiger charge is -2.25. The van der Waals surface area contributed by atoms with Gasteiger partial charge >= 0.3 is 5.97 Å². The number of carbonyl (C=O) groups is 3. The lowest BCUT2D eigenvalue weighted by atomic mass is 9.95. The van der Waals surface area contributed by atoms with E-state index in [0.29, 0.717) is 27.8 Å². The van der Waals surface area contributed by atoms with Crippen LogP contribution in [0.25, 0.3) is 5.76 Å². The maximum Gasteiger partial charge on any atom is 0.308 e. The summed E-state index contributed by atoms with van der Waals surface area (Å²) in [6.45, 7) is 3.31. The van der Waals surface area contributed by atoms with Crippen LogP contribution in [0.15, 0.2) is 72.3 Å². The molecular formula is C28H24ClNO6. The first-order chi connectivity index (χ1) is 17.2. The fourth-order valence-electron chi connectivity index (χ4n) is 4.15. The SMILES string of the molecule is CCc1ccc(N2C(=O)C(=O)/C(=C(\O)c3ccc(Cl)c(OC)c3)C2c2ccc(OC(C)=O)cc2)cc1. The van der Waals surface area contributed by atoms with Gasteiger partial charge in [-0.25, -0.2) is 0 Å². The number of esters is 1. The summed E-state index contributed by atoms with van der Waals surface area (Å²) in [6.07, 6.45) is 0.818. The molecule has 0 aromatic heterocycles. The van der Waals surface area contributed by atoms with Gasteiger partial charge in [0.2, 0.25) is 0 Å². The fraction of sp³-hybridized carbons (Fsp3) is 0.179. The molecule has 0 aliphatic carbocycles. The third-order valence-corrected chi connectivity index (χ3v) is 6.26. The summed E-state index contributed by atoms with van der Waals surface area (Å²) in [5, 5.41) is 11.6. The molecular weight excluding hydrogens is 482 g/mol. The van der Waals surface area contributed by atoms with E-state index in [4.69, 9.17) is 21.1 Å². The van der Waals surface area contributed by atoms with E-state index in [1.165, 1.54) is 31.1 Å². The summed E-state index contributed by atoms with van der Waals surface area (Å²) in [5.74, 6) is -1.79. The fourth-order valence-corrected chi connectivity index (χ4v) is 4.35. The van der Waals surface area contributed by atoms with Crippen LogP contribution in [0.3, 0.4) is 0 Å². The third kappa shape index (κ3) is 4.70. The van der Waals surface area contributed by atoms with Crippen molar-refractivity contribution in [2.45, 2.75) is 26.3 Å². The topological polar surface area (TPSA) is 93.1 Å². The van der Waals surface area contributed by atoms with Gasteiger partial charge in [0.05, 0.1) is 23.7 Å². The Bertz CT molecular complexity index is 1360. The molecule has 1 heterocycles. The summed E-state index contributed by atoms with van der Waals surface area (Å²) in [7, 11) is 1.44. The lowest BCUT2D eigenvalue weighted by molar-refractivity contribution is -0.132. The zero-order valence-electron chi connectivity index (χ0n) is 19.9. The van der Waals surface area contributed by atoms with Crippen molar-refractivity contribution in [1.29, 1.82) is 0 Å². The van der Waals surface area contributed by atoms with E-state index in [1.54, 1.807) is 42.5 Å². The second kappa shape index (κ2) is 10.3. The van der Waals surface area contributed by atoms with Gasteiger partial charge < -0.3 is 14.6 Å². The highest BCUT2D eigenvalue weighted by molar-refractivity contribution is 6.51. The number of hydrogen-bond donors (Lipinski definition) is 1. The molecule has 3 aromatic carbocycles. The molecule has 1 amide bonds. The summed E-state index contributed by atoms with van der Waals surface area (Å²) in [5.41, 5.74) is 2.33. The quantitative estimate of drug-likeness (QED) is 0.157. The van der Waals surface area contributed by atoms with Crippen LogP contribution < -0.4 is 14.4 Å². The van der Waals surface area contributed by atoms with Gasteiger partial charge in [0.25, 0.3) is 11.7 Å². The minimum Gasteiger partial charge on any atom is -0.507 e. The number of aryl methyl sites for hydroxylation is 1. The molecule has 1 aliphatic rings. The molecule has 0 radical (unpaired) electrons. The Balaban J connectivity index is 1.89. The van der Waals surface area contributed by atoms with Crippen molar-refractivity contribution in [3.05, 3.63) is 94.0 Å². The minimum absolute atomic E-state index is 0.0795. The maximum absolute atomic E-state index is 13.3. The molecule has 7 nitrogen and oxygen atoms in total. The smallest absolute Gasteiger partial charge is 0.308 e. The molecule has 1 N–H and O–H groups in total. The standard InChI is InChI=1S/C28H24ClNO6/c1-4-17-5-10-20(11-6-17)30-25(18-7-12-21(13-8-18)36-16(2)31)24(27(33)28(30)34)26(32)19-9-14-22(29)23(15-19)35-3/h5-15,25,32H,4H2,1-3H3/b26-24-. The van der Waals surface area contributed by atoms with Crippen LogP contribution in [0.4, 0.5) is 5.69 Å². The Hall–Kier alpha value is -4.10. The zero-order chi connectivity index (χ0) is 26.0. The molecule has 0 bridgehead atoms. The number of hydrogen-bond acceptors (Lipinski definition) is 6. The van der Waals surface area contributed by atoms with Gasteiger partial charge in [-0.05, 0) is 60.0 Å². The average Bonchev–Trinajstić information content (AvgIpc) is 3.14. The van der Waals surface area contributed by atoms with E-state index in [-0.39, 0.29) is 16.9 Å². The second-order valence-electron chi connectivity index (χ2n) is 8.20. The number of ketones is 1. The van der Waals surface area contributed by atoms with Crippen molar-refractivity contribution in [2.24, 2.45) is 0 Å². The van der Waals surface area contributed by atoms with E-state index in [2.05, 4.69) is 0 Å². The Morgan fingerprint density at radius 1 is 1.03 bits per heavy atom. The van der Waals surface area contributed by atoms with Gasteiger partial charge in [-0.1, -0.05) is 42.8 Å². The molecule has 36 heavy (non-hydrogen) atoms. The third-order valence-electron chi connectivity index (χ3n) is 5.95. The summed E-state index contributed by atoms with van der Waals surface area (Å²) in [6, 6.07) is 17.4. The van der Waals surface area contributed by atoms with E-state index in [0.717, 1.165) is 12.0 Å². The van der Waals surface area contributed by atoms with Crippen LogP contribution >= 0.6 is 11.6 Å². The first kappa shape index (κ1) is 25.0. The van der Waals surface area contributed by atoms with Crippen molar-refractivity contribution in [2.75, 3.05) is 12.0 Å². The summed E-state index contributed by atoms with van der Waals surface area (Å²) in [4.78, 5) is 39.3. The number of amides is 1. The molecule has 0 saturated carbocycles. The lowest BCUT2D eigenvalue weighted by Crippen LogP contribution is -2.29. The van der Waals surface area contributed by atoms with Gasteiger partial charge in [-0.2, -0.15) is 0 Å². The van der Waals surface area contributed by atoms with Gasteiger partial charge in [0, 0.05) is 18.2 Å². The normalized spacial score (nSPS) is 16.8. The van der Waals surface area contributed by atoms with Crippen molar-refractivity contribution in [3.63, 3.8) is 0 Å². The molecule has 1 saturated heterocycles. The van der Waals surface area contributed by atoms with Crippen LogP contribution in [0, 0.1) is 0 Å². The van der Waals surface area contributed by atoms with Gasteiger partial charge in [-0.3, -0.25) is 19.3 Å². The van der Waals surface area contributed by atoms with Crippen molar-refractivity contribution < 1.29 is 29.0 Å². The number of rotatable bonds is 6. The van der Waals surface area contributed by atoms with Crippen molar-refractivity contribution >= 4 is 40.7 Å². The van der Waals surface area contributed by atoms with Gasteiger partial charge in [0.1, 0.15) is 17.3 Å². The molecule has 0 spiro atoms. The number of ether oxygens (including phenoxy) is 2. The van der Waals surface area contributed by atoms with E-state index >= 15 is 0 Å². The van der Waals surface area contributed by atoms with E-state index < -0.39 is 23.7 Å². The predicted octanol–water partition coefficient (Wildman–Crippen LogP) is 5.46. The first-order valence-corrected chi connectivity index (χ1v) is 11.6. The number of halogens is 1. The Kier molecular flexibility index (Phi) is 7.12. The summed E-state index contributed by atoms with van der Waals surface area (Å²) < 4.78 is 10.4. The van der Waals surface area contributed by atoms with E-state index in [1.807, 2.05) is 19.1 Å². The molecule has 1 fully saturated rings. The number of Topliss-reactive ketones (excluding diaryl/α,β-unsaturated/α-hetero) is 1. The number of methoxy groups -OCH3 is 1. The molecule has 184 valence electrons. The Morgan fingerprint density at radius 2 is 1.69 bits per heavy atom. The number of aliphatic hydroxyl groups is 1. The van der Waals surface area contributed by atoms with Crippen LogP contribution in [0.5, 0.6) is 11.5 Å². The van der Waals surface area contributed by atoms with Crippen LogP contribution in [-0.2, 0) is 20.8 Å². The number of anilines is 1. The van der Waals surface area contributed by atoms with E-state index in [9.17, 15) is 19.5 Å². The van der Waals surface area contributed by atoms with Gasteiger partial charge in [-0.15, -0.1) is 0 Å². The largest absolute Gasteiger partial charge is 0.507 e. The average molecular weight is 506 g/mol. The minimum atomic E-state index is -0.925. The van der Waals surface area contributed by atoms with Crippen LogP contribution in [-0.4, -0.2) is 29.9 Å². The highest BCUT2D eigenvalue weighted by atomic mass is 35.5. The first-order valence-electron chi connectivity index (χ1n) is 11.3. The number of carbonyl (C=O) groups excluding carboxylic acids is 3. The highest BCUT2D eigenvalue weighted by Crippen LogP contribution is 2.43. The number of aliphatic hydroxyl groups excluding tert-OH is 1. The Labute approximate surface area is 213 Å². The Morgan fingerprint density at radius 3 is 2.28 bits per heavy atom. The predicted molar refractivity (Wildman–Crippen MR) is 136 cm³/mol. The number of nitrogens with zero attached hydrogens (tertiary/aromatic N) is 1.